The third kappa shape index (κ3) is 4.50. The number of carbonyl (C=O) groups excluding carboxylic acids is 1. The Bertz CT molecular complexity index is 1130. The largest absolute Gasteiger partial charge is 0.496 e. The average Bonchev–Trinajstić information content (AvgIpc) is 3.12. The number of hydrogen-bond acceptors (Lipinski definition) is 3. The number of allylic oxidation sites excluding steroid dienone is 1. The summed E-state index contributed by atoms with van der Waals surface area (Å²) in [6.45, 7) is -0.236. The van der Waals surface area contributed by atoms with E-state index in [1.54, 1.807) is 30.4 Å². The SMILES string of the molecule is COc1ccc(/C=C/C(=O)C23CC4CC(CC(C4)C2)C3)cc1Cn1nc(C(F)F)c(Cl)c1C(F)F. The van der Waals surface area contributed by atoms with E-state index >= 15 is 0 Å². The summed E-state index contributed by atoms with van der Waals surface area (Å²) in [7, 11) is 1.43. The maximum Gasteiger partial charge on any atom is 0.283 e. The van der Waals surface area contributed by atoms with E-state index in [4.69, 9.17) is 16.3 Å². The molecule has 4 aliphatic rings. The van der Waals surface area contributed by atoms with Crippen LogP contribution in [0.5, 0.6) is 5.75 Å². The minimum absolute atomic E-state index is 0.161. The van der Waals surface area contributed by atoms with Crippen molar-refractivity contribution in [1.82, 2.24) is 9.78 Å². The van der Waals surface area contributed by atoms with E-state index in [2.05, 4.69) is 5.10 Å². The second kappa shape index (κ2) is 9.26. The standard InChI is InChI=1S/C26H27ClF4N2O2/c1-35-19-4-2-14(3-5-20(34)26-10-15-6-16(11-26)8-17(7-15)12-26)9-18(19)13-33-23(25(30)31)21(27)22(32-33)24(28)29/h2-5,9,15-17,24-25H,6-8,10-13H2,1H3/b5-3+. The maximum atomic E-state index is 13.6. The Morgan fingerprint density at radius 3 is 2.31 bits per heavy atom. The van der Waals surface area contributed by atoms with Crippen LogP contribution < -0.4 is 4.74 Å². The van der Waals surface area contributed by atoms with Gasteiger partial charge in [0.05, 0.1) is 18.7 Å². The molecule has 2 aromatic rings. The Balaban J connectivity index is 1.40. The van der Waals surface area contributed by atoms with Crippen LogP contribution in [0.15, 0.2) is 24.3 Å². The molecule has 4 bridgehead atoms. The molecule has 9 heteroatoms. The van der Waals surface area contributed by atoms with E-state index in [9.17, 15) is 22.4 Å². The number of ether oxygens (including phenoxy) is 1. The molecule has 0 atom stereocenters. The number of carbonyl (C=O) groups is 1. The first-order valence-corrected chi connectivity index (χ1v) is 12.3. The fourth-order valence-corrected chi connectivity index (χ4v) is 7.19. The quantitative estimate of drug-likeness (QED) is 0.277. The molecule has 4 nitrogen and oxygen atoms in total. The van der Waals surface area contributed by atoms with Crippen molar-refractivity contribution < 1.29 is 27.1 Å². The molecule has 0 N–H and O–H groups in total. The fourth-order valence-electron chi connectivity index (χ4n) is 6.89. The summed E-state index contributed by atoms with van der Waals surface area (Å²) < 4.78 is 59.7. The van der Waals surface area contributed by atoms with Gasteiger partial charge in [-0.1, -0.05) is 23.7 Å². The van der Waals surface area contributed by atoms with Crippen LogP contribution in [0.2, 0.25) is 5.02 Å². The zero-order chi connectivity index (χ0) is 24.9. The zero-order valence-corrected chi connectivity index (χ0v) is 20.1. The van der Waals surface area contributed by atoms with Gasteiger partial charge in [0.1, 0.15) is 17.1 Å². The number of alkyl halides is 4. The van der Waals surface area contributed by atoms with Crippen LogP contribution in [-0.4, -0.2) is 22.7 Å². The van der Waals surface area contributed by atoms with Gasteiger partial charge in [-0.15, -0.1) is 0 Å². The number of rotatable bonds is 8. The molecule has 4 aliphatic carbocycles. The van der Waals surface area contributed by atoms with Gasteiger partial charge >= 0.3 is 0 Å². The van der Waals surface area contributed by atoms with Gasteiger partial charge in [-0.05, 0) is 80.1 Å². The highest BCUT2D eigenvalue weighted by Crippen LogP contribution is 2.60. The first kappa shape index (κ1) is 24.3. The highest BCUT2D eigenvalue weighted by Gasteiger charge is 2.53. The van der Waals surface area contributed by atoms with Gasteiger partial charge in [-0.25, -0.2) is 17.6 Å². The summed E-state index contributed by atoms with van der Waals surface area (Å²) in [6, 6.07) is 5.11. The molecule has 1 aromatic heterocycles. The van der Waals surface area contributed by atoms with Crippen LogP contribution in [0.1, 0.15) is 73.9 Å². The summed E-state index contributed by atoms with van der Waals surface area (Å²) in [5.41, 5.74) is -0.742. The number of hydrogen-bond donors (Lipinski definition) is 0. The van der Waals surface area contributed by atoms with E-state index in [1.165, 1.54) is 26.4 Å². The molecule has 35 heavy (non-hydrogen) atoms. The Morgan fingerprint density at radius 2 is 1.77 bits per heavy atom. The lowest BCUT2D eigenvalue weighted by Gasteiger charge is -2.55. The summed E-state index contributed by atoms with van der Waals surface area (Å²) >= 11 is 5.78. The molecule has 0 radical (unpaired) electrons. The van der Waals surface area contributed by atoms with E-state index < -0.39 is 29.3 Å². The highest BCUT2D eigenvalue weighted by atomic mass is 35.5. The smallest absolute Gasteiger partial charge is 0.283 e. The molecule has 4 fully saturated rings. The molecular weight excluding hydrogens is 484 g/mol. The van der Waals surface area contributed by atoms with Crippen LogP contribution in [0, 0.1) is 23.2 Å². The first-order valence-electron chi connectivity index (χ1n) is 11.9. The number of ketones is 1. The van der Waals surface area contributed by atoms with Crippen molar-refractivity contribution in [1.29, 1.82) is 0 Å². The van der Waals surface area contributed by atoms with Gasteiger partial charge in [-0.2, -0.15) is 5.10 Å². The van der Waals surface area contributed by atoms with E-state index in [0.717, 1.165) is 23.9 Å². The summed E-state index contributed by atoms with van der Waals surface area (Å²) in [5.74, 6) is 2.53. The molecule has 0 unspecified atom stereocenters. The molecule has 4 saturated carbocycles. The molecule has 1 aromatic carbocycles. The van der Waals surface area contributed by atoms with Crippen molar-refractivity contribution in [3.63, 3.8) is 0 Å². The van der Waals surface area contributed by atoms with Crippen LogP contribution in [0.3, 0.4) is 0 Å². The summed E-state index contributed by atoms with van der Waals surface area (Å²) in [5, 5.41) is 2.91. The lowest BCUT2D eigenvalue weighted by atomic mass is 9.48. The van der Waals surface area contributed by atoms with Crippen LogP contribution in [0.25, 0.3) is 6.08 Å². The van der Waals surface area contributed by atoms with Crippen LogP contribution in [0.4, 0.5) is 17.6 Å². The van der Waals surface area contributed by atoms with Gasteiger partial charge in [0.2, 0.25) is 0 Å². The Labute approximate surface area is 206 Å². The van der Waals surface area contributed by atoms with Crippen molar-refractivity contribution in [2.24, 2.45) is 23.2 Å². The molecule has 0 spiro atoms. The highest BCUT2D eigenvalue weighted by molar-refractivity contribution is 6.32. The molecule has 1 heterocycles. The third-order valence-corrected chi connectivity index (χ3v) is 8.37. The normalized spacial score (nSPS) is 27.5. The lowest BCUT2D eigenvalue weighted by molar-refractivity contribution is -0.138. The van der Waals surface area contributed by atoms with Gasteiger partial charge < -0.3 is 4.74 Å². The van der Waals surface area contributed by atoms with E-state index in [1.807, 2.05) is 0 Å². The summed E-state index contributed by atoms with van der Waals surface area (Å²) in [6.07, 6.45) is 3.90. The number of halogens is 5. The molecular formula is C26H27ClF4N2O2. The molecule has 0 amide bonds. The average molecular weight is 511 g/mol. The Hall–Kier alpha value is -2.35. The molecule has 0 aliphatic heterocycles. The molecule has 6 rings (SSSR count). The number of nitrogens with zero attached hydrogens (tertiary/aromatic N) is 2. The monoisotopic (exact) mass is 510 g/mol. The zero-order valence-electron chi connectivity index (χ0n) is 19.3. The van der Waals surface area contributed by atoms with Crippen molar-refractivity contribution in [3.8, 4) is 5.75 Å². The minimum atomic E-state index is -3.08. The second-order valence-corrected chi connectivity index (χ2v) is 10.7. The van der Waals surface area contributed by atoms with Gasteiger partial charge in [0.25, 0.3) is 12.9 Å². The number of benzene rings is 1. The van der Waals surface area contributed by atoms with Gasteiger partial charge in [0, 0.05) is 11.0 Å². The molecule has 0 saturated heterocycles. The predicted octanol–water partition coefficient (Wildman–Crippen LogP) is 7.27. The molecule has 188 valence electrons. The lowest BCUT2D eigenvalue weighted by Crippen LogP contribution is -2.49. The maximum absolute atomic E-state index is 13.6. The predicted molar refractivity (Wildman–Crippen MR) is 124 cm³/mol. The van der Waals surface area contributed by atoms with Gasteiger partial charge in [0.15, 0.2) is 5.78 Å². The number of methoxy groups -OCH3 is 1. The minimum Gasteiger partial charge on any atom is -0.496 e. The van der Waals surface area contributed by atoms with Crippen molar-refractivity contribution in [2.75, 3.05) is 7.11 Å². The third-order valence-electron chi connectivity index (χ3n) is 7.98. The summed E-state index contributed by atoms with van der Waals surface area (Å²) in [4.78, 5) is 13.3. The van der Waals surface area contributed by atoms with Gasteiger partial charge in [-0.3, -0.25) is 9.48 Å². The fraction of sp³-hybridized carbons (Fsp3) is 0.538. The van der Waals surface area contributed by atoms with Crippen molar-refractivity contribution >= 4 is 23.5 Å². The second-order valence-electron chi connectivity index (χ2n) is 10.3. The van der Waals surface area contributed by atoms with Crippen LogP contribution in [-0.2, 0) is 11.3 Å². The number of aromatic nitrogens is 2. The van der Waals surface area contributed by atoms with Crippen LogP contribution >= 0.6 is 11.6 Å². The topological polar surface area (TPSA) is 44.1 Å². The first-order chi connectivity index (χ1) is 16.7. The van der Waals surface area contributed by atoms with E-state index in [0.29, 0.717) is 34.6 Å². The Morgan fingerprint density at radius 1 is 1.14 bits per heavy atom. The Kier molecular flexibility index (Phi) is 6.45. The van der Waals surface area contributed by atoms with E-state index in [-0.39, 0.29) is 17.7 Å². The van der Waals surface area contributed by atoms with Crippen molar-refractivity contribution in [3.05, 3.63) is 51.8 Å². The van der Waals surface area contributed by atoms with Crippen molar-refractivity contribution in [2.45, 2.75) is 57.9 Å².